The number of likely N-dealkylation sites (N-methyl/N-ethyl adjacent to an activating group) is 2. The van der Waals surface area contributed by atoms with Gasteiger partial charge in [-0.15, -0.1) is 0 Å². The Morgan fingerprint density at radius 2 is 2.19 bits per heavy atom. The molecule has 1 atom stereocenters. The first-order valence-electron chi connectivity index (χ1n) is 6.99. The largest absolute Gasteiger partial charge is 0.311 e. The van der Waals surface area contributed by atoms with E-state index in [4.69, 9.17) is 11.6 Å². The third-order valence-electron chi connectivity index (χ3n) is 3.90. The molecule has 1 aromatic carbocycles. The topological polar surface area (TPSA) is 61.6 Å². The monoisotopic (exact) mass is 312 g/mol. The molecule has 0 aliphatic carbocycles. The normalized spacial score (nSPS) is 20.6. The molecule has 1 aromatic rings. The van der Waals surface area contributed by atoms with E-state index in [0.29, 0.717) is 12.6 Å². The molecular weight excluding hydrogens is 292 g/mol. The highest BCUT2D eigenvalue weighted by atomic mass is 35.5. The molecular formula is C14H21ClN4O2. The number of nitro groups is 1. The fourth-order valence-corrected chi connectivity index (χ4v) is 2.70. The van der Waals surface area contributed by atoms with Crippen LogP contribution in [0, 0.1) is 10.1 Å². The van der Waals surface area contributed by atoms with Crippen LogP contribution in [0.4, 0.5) is 5.69 Å². The van der Waals surface area contributed by atoms with Crippen LogP contribution in [-0.4, -0.2) is 61.0 Å². The van der Waals surface area contributed by atoms with Crippen molar-refractivity contribution in [1.29, 1.82) is 0 Å². The molecule has 1 fully saturated rings. The first kappa shape index (κ1) is 16.2. The number of nitro benzene ring substituents is 1. The summed E-state index contributed by atoms with van der Waals surface area (Å²) >= 11 is 5.81. The highest BCUT2D eigenvalue weighted by Gasteiger charge is 2.21. The number of hydrogen-bond donors (Lipinski definition) is 1. The van der Waals surface area contributed by atoms with Gasteiger partial charge in [-0.2, -0.15) is 0 Å². The van der Waals surface area contributed by atoms with Crippen molar-refractivity contribution in [1.82, 2.24) is 15.1 Å². The Kier molecular flexibility index (Phi) is 5.52. The fraction of sp³-hybridized carbons (Fsp3) is 0.571. The van der Waals surface area contributed by atoms with E-state index in [1.165, 1.54) is 6.07 Å². The van der Waals surface area contributed by atoms with Gasteiger partial charge in [0.05, 0.1) is 4.92 Å². The van der Waals surface area contributed by atoms with Crippen molar-refractivity contribution in [2.75, 3.05) is 40.3 Å². The van der Waals surface area contributed by atoms with E-state index < -0.39 is 4.92 Å². The van der Waals surface area contributed by atoms with Crippen molar-refractivity contribution in [3.05, 3.63) is 38.9 Å². The van der Waals surface area contributed by atoms with Gasteiger partial charge in [-0.05, 0) is 25.7 Å². The Balaban J connectivity index is 1.88. The van der Waals surface area contributed by atoms with Crippen LogP contribution in [0.25, 0.3) is 0 Å². The number of piperazine rings is 1. The minimum absolute atomic E-state index is 0.0366. The van der Waals surface area contributed by atoms with Crippen LogP contribution >= 0.6 is 11.6 Å². The zero-order valence-corrected chi connectivity index (χ0v) is 13.1. The molecule has 1 unspecified atom stereocenters. The van der Waals surface area contributed by atoms with Gasteiger partial charge in [0.1, 0.15) is 5.02 Å². The maximum atomic E-state index is 10.9. The van der Waals surface area contributed by atoms with Crippen LogP contribution in [-0.2, 0) is 6.54 Å². The molecule has 1 aliphatic rings. The van der Waals surface area contributed by atoms with Crippen molar-refractivity contribution < 1.29 is 4.92 Å². The number of nitrogens with one attached hydrogen (secondary N) is 1. The molecule has 0 bridgehead atoms. The van der Waals surface area contributed by atoms with Crippen LogP contribution in [0.3, 0.4) is 0 Å². The second-order valence-electron chi connectivity index (χ2n) is 5.57. The summed E-state index contributed by atoms with van der Waals surface area (Å²) in [7, 11) is 4.26. The summed E-state index contributed by atoms with van der Waals surface area (Å²) in [5.41, 5.74) is 0.836. The predicted octanol–water partition coefficient (Wildman–Crippen LogP) is 1.58. The predicted molar refractivity (Wildman–Crippen MR) is 83.7 cm³/mol. The molecule has 0 saturated carbocycles. The van der Waals surface area contributed by atoms with Gasteiger partial charge in [-0.25, -0.2) is 0 Å². The fourth-order valence-electron chi connectivity index (χ4n) is 2.51. The Bertz CT molecular complexity index is 512. The van der Waals surface area contributed by atoms with Gasteiger partial charge in [-0.3, -0.25) is 15.0 Å². The van der Waals surface area contributed by atoms with Gasteiger partial charge in [0.2, 0.25) is 0 Å². The SMILES string of the molecule is CN1CCN(C)C(CNCc2ccc(Cl)c([N+](=O)[O-])c2)C1. The standard InChI is InChI=1S/C14H21ClN4O2/c1-17-5-6-18(2)12(10-17)9-16-8-11-3-4-13(15)14(7-11)19(20)21/h3-4,7,12,16H,5-6,8-10H2,1-2H3. The summed E-state index contributed by atoms with van der Waals surface area (Å²) in [6.07, 6.45) is 0. The molecule has 1 aliphatic heterocycles. The van der Waals surface area contributed by atoms with Crippen molar-refractivity contribution in [3.63, 3.8) is 0 Å². The lowest BCUT2D eigenvalue weighted by atomic mass is 10.1. The summed E-state index contributed by atoms with van der Waals surface area (Å²) in [6.45, 7) is 4.65. The number of hydrogen-bond acceptors (Lipinski definition) is 5. The van der Waals surface area contributed by atoms with Crippen molar-refractivity contribution in [3.8, 4) is 0 Å². The zero-order valence-electron chi connectivity index (χ0n) is 12.4. The Morgan fingerprint density at radius 1 is 1.43 bits per heavy atom. The van der Waals surface area contributed by atoms with E-state index in [9.17, 15) is 10.1 Å². The highest BCUT2D eigenvalue weighted by Crippen LogP contribution is 2.24. The quantitative estimate of drug-likeness (QED) is 0.661. The van der Waals surface area contributed by atoms with Crippen molar-refractivity contribution in [2.45, 2.75) is 12.6 Å². The Labute approximate surface area is 129 Å². The van der Waals surface area contributed by atoms with E-state index in [-0.39, 0.29) is 10.7 Å². The van der Waals surface area contributed by atoms with E-state index in [1.54, 1.807) is 6.07 Å². The molecule has 21 heavy (non-hydrogen) atoms. The molecule has 0 amide bonds. The van der Waals surface area contributed by atoms with Crippen molar-refractivity contribution in [2.24, 2.45) is 0 Å². The molecule has 2 rings (SSSR count). The Hall–Kier alpha value is -1.21. The van der Waals surface area contributed by atoms with Gasteiger partial charge < -0.3 is 10.2 Å². The summed E-state index contributed by atoms with van der Waals surface area (Å²) in [5.74, 6) is 0. The molecule has 0 radical (unpaired) electrons. The average molecular weight is 313 g/mol. The highest BCUT2D eigenvalue weighted by molar-refractivity contribution is 6.32. The van der Waals surface area contributed by atoms with E-state index in [0.717, 1.165) is 31.7 Å². The molecule has 7 heteroatoms. The summed E-state index contributed by atoms with van der Waals surface area (Å²) in [4.78, 5) is 15.1. The van der Waals surface area contributed by atoms with Crippen LogP contribution in [0.5, 0.6) is 0 Å². The molecule has 1 heterocycles. The lowest BCUT2D eigenvalue weighted by molar-refractivity contribution is -0.384. The molecule has 6 nitrogen and oxygen atoms in total. The minimum atomic E-state index is -0.449. The molecule has 0 aromatic heterocycles. The summed E-state index contributed by atoms with van der Waals surface area (Å²) in [5, 5.41) is 14.4. The lowest BCUT2D eigenvalue weighted by Gasteiger charge is -2.37. The third-order valence-corrected chi connectivity index (χ3v) is 4.22. The number of halogens is 1. The Morgan fingerprint density at radius 3 is 2.90 bits per heavy atom. The lowest BCUT2D eigenvalue weighted by Crippen LogP contribution is -2.53. The first-order chi connectivity index (χ1) is 9.97. The van der Waals surface area contributed by atoms with Crippen molar-refractivity contribution >= 4 is 17.3 Å². The maximum Gasteiger partial charge on any atom is 0.288 e. The smallest absolute Gasteiger partial charge is 0.288 e. The molecule has 0 spiro atoms. The third kappa shape index (κ3) is 4.38. The van der Waals surface area contributed by atoms with Gasteiger partial charge in [0.25, 0.3) is 5.69 Å². The van der Waals surface area contributed by atoms with E-state index in [2.05, 4.69) is 29.2 Å². The molecule has 1 saturated heterocycles. The average Bonchev–Trinajstić information content (AvgIpc) is 2.44. The van der Waals surface area contributed by atoms with Gasteiger partial charge in [0, 0.05) is 44.8 Å². The second-order valence-corrected chi connectivity index (χ2v) is 5.98. The molecule has 1 N–H and O–H groups in total. The van der Waals surface area contributed by atoms with Crippen LogP contribution < -0.4 is 5.32 Å². The molecule has 116 valence electrons. The van der Waals surface area contributed by atoms with Gasteiger partial charge in [-0.1, -0.05) is 17.7 Å². The number of nitrogens with zero attached hydrogens (tertiary/aromatic N) is 3. The first-order valence-corrected chi connectivity index (χ1v) is 7.37. The number of benzene rings is 1. The van der Waals surface area contributed by atoms with Crippen LogP contribution in [0.1, 0.15) is 5.56 Å². The zero-order chi connectivity index (χ0) is 15.4. The van der Waals surface area contributed by atoms with Crippen LogP contribution in [0.2, 0.25) is 5.02 Å². The number of rotatable bonds is 5. The summed E-state index contributed by atoms with van der Waals surface area (Å²) in [6, 6.07) is 5.40. The van der Waals surface area contributed by atoms with E-state index in [1.807, 2.05) is 6.07 Å². The van der Waals surface area contributed by atoms with Gasteiger partial charge in [0.15, 0.2) is 0 Å². The van der Waals surface area contributed by atoms with Crippen LogP contribution in [0.15, 0.2) is 18.2 Å². The van der Waals surface area contributed by atoms with Gasteiger partial charge >= 0.3 is 0 Å². The minimum Gasteiger partial charge on any atom is -0.311 e. The summed E-state index contributed by atoms with van der Waals surface area (Å²) < 4.78 is 0. The maximum absolute atomic E-state index is 10.9. The van der Waals surface area contributed by atoms with E-state index >= 15 is 0 Å². The second kappa shape index (κ2) is 7.17.